The van der Waals surface area contributed by atoms with Gasteiger partial charge in [0.05, 0.1) is 0 Å². The molecule has 0 saturated heterocycles. The number of hydrogen-bond donors (Lipinski definition) is 1. The van der Waals surface area contributed by atoms with Crippen molar-refractivity contribution in [3.63, 3.8) is 0 Å². The first-order chi connectivity index (χ1) is 7.40. The second kappa shape index (κ2) is 7.59. The van der Waals surface area contributed by atoms with E-state index in [4.69, 9.17) is 4.74 Å². The fourth-order valence-electron chi connectivity index (χ4n) is 1.02. The van der Waals surface area contributed by atoms with Crippen LogP contribution < -0.4 is 5.43 Å². The fourth-order valence-corrected chi connectivity index (χ4v) is 1.78. The smallest absolute Gasteiger partial charge is 0.137 e. The monoisotopic (exact) mass is 243 g/mol. The van der Waals surface area contributed by atoms with Gasteiger partial charge in [0.25, 0.3) is 0 Å². The lowest BCUT2D eigenvalue weighted by Gasteiger charge is -2.23. The van der Waals surface area contributed by atoms with Gasteiger partial charge in [-0.2, -0.15) is 0 Å². The highest BCUT2D eigenvalue weighted by atomic mass is 28.3. The minimum atomic E-state index is -0.998. The summed E-state index contributed by atoms with van der Waals surface area (Å²) >= 11 is 0. The van der Waals surface area contributed by atoms with Crippen LogP contribution in [0.2, 0.25) is 25.7 Å². The van der Waals surface area contributed by atoms with Crippen molar-refractivity contribution in [3.05, 3.63) is 12.4 Å². The van der Waals surface area contributed by atoms with Crippen LogP contribution in [0.15, 0.2) is 17.4 Å². The summed E-state index contributed by atoms with van der Waals surface area (Å²) in [6.07, 6.45) is 1.72. The van der Waals surface area contributed by atoms with E-state index < -0.39 is 8.07 Å². The molecule has 0 fully saturated rings. The van der Waals surface area contributed by atoms with E-state index in [1.165, 1.54) is 6.04 Å². The van der Waals surface area contributed by atoms with Gasteiger partial charge in [-0.3, -0.25) is 5.01 Å². The Morgan fingerprint density at radius 3 is 2.56 bits per heavy atom. The highest BCUT2D eigenvalue weighted by Crippen LogP contribution is 2.08. The van der Waals surface area contributed by atoms with Crippen LogP contribution in [-0.4, -0.2) is 39.7 Å². The Morgan fingerprint density at radius 2 is 2.12 bits per heavy atom. The lowest BCUT2D eigenvalue weighted by atomic mass is 10.7. The zero-order chi connectivity index (χ0) is 12.6. The Labute approximate surface area is 100 Å². The second-order valence-electron chi connectivity index (χ2n) is 4.80. The van der Waals surface area contributed by atoms with Gasteiger partial charge in [-0.05, 0) is 13.0 Å². The molecule has 0 amide bonds. The molecular weight excluding hydrogens is 218 g/mol. The van der Waals surface area contributed by atoms with Crippen LogP contribution >= 0.6 is 0 Å². The molecule has 0 aromatic carbocycles. The molecule has 0 bridgehead atoms. The van der Waals surface area contributed by atoms with Crippen molar-refractivity contribution in [3.8, 4) is 0 Å². The van der Waals surface area contributed by atoms with Crippen LogP contribution in [0, 0.1) is 0 Å². The van der Waals surface area contributed by atoms with Crippen LogP contribution in [0.1, 0.15) is 6.92 Å². The summed E-state index contributed by atoms with van der Waals surface area (Å²) < 4.78 is 5.59. The molecule has 0 aliphatic rings. The molecule has 0 aromatic heterocycles. The number of aliphatic imine (C=N–C) groups is 1. The number of nitrogens with zero attached hydrogens (tertiary/aromatic N) is 2. The third-order valence-corrected chi connectivity index (χ3v) is 3.78. The number of rotatable bonds is 8. The molecular formula is C11H25N3OSi. The van der Waals surface area contributed by atoms with E-state index in [2.05, 4.69) is 36.6 Å². The van der Waals surface area contributed by atoms with Gasteiger partial charge in [-0.1, -0.05) is 26.2 Å². The molecule has 0 radical (unpaired) electrons. The van der Waals surface area contributed by atoms with Crippen LogP contribution in [0.25, 0.3) is 0 Å². The Hall–Kier alpha value is -0.653. The van der Waals surface area contributed by atoms with Crippen LogP contribution in [-0.2, 0) is 4.74 Å². The third kappa shape index (κ3) is 7.61. The maximum atomic E-state index is 5.59. The Morgan fingerprint density at radius 1 is 1.50 bits per heavy atom. The summed E-state index contributed by atoms with van der Waals surface area (Å²) in [6, 6.07) is 1.17. The molecule has 94 valence electrons. The van der Waals surface area contributed by atoms with Crippen LogP contribution in [0.4, 0.5) is 0 Å². The van der Waals surface area contributed by atoms with Gasteiger partial charge in [0.1, 0.15) is 12.6 Å². The molecule has 0 rings (SSSR count). The molecule has 0 aliphatic carbocycles. The summed E-state index contributed by atoms with van der Waals surface area (Å²) in [6.45, 7) is 14.0. The van der Waals surface area contributed by atoms with E-state index in [-0.39, 0.29) is 0 Å². The van der Waals surface area contributed by atoms with Crippen molar-refractivity contribution in [2.24, 2.45) is 4.99 Å². The van der Waals surface area contributed by atoms with Crippen molar-refractivity contribution in [2.75, 3.05) is 20.4 Å². The largest absolute Gasteiger partial charge is 0.360 e. The van der Waals surface area contributed by atoms with E-state index in [1.807, 2.05) is 14.0 Å². The molecule has 0 heterocycles. The molecule has 5 heteroatoms. The molecule has 0 spiro atoms. The predicted molar refractivity (Wildman–Crippen MR) is 73.2 cm³/mol. The summed E-state index contributed by atoms with van der Waals surface area (Å²) in [5.74, 6) is 0.665. The van der Waals surface area contributed by atoms with E-state index >= 15 is 0 Å². The SMILES string of the molecule is C=C(N=CC)N(COCC[Si](C)(C)C)NC. The molecule has 0 aliphatic heterocycles. The molecule has 0 aromatic rings. The maximum absolute atomic E-state index is 5.59. The Kier molecular flexibility index (Phi) is 7.28. The highest BCUT2D eigenvalue weighted by Gasteiger charge is 2.12. The zero-order valence-corrected chi connectivity index (χ0v) is 12.2. The highest BCUT2D eigenvalue weighted by molar-refractivity contribution is 6.76. The van der Waals surface area contributed by atoms with Crippen LogP contribution in [0.3, 0.4) is 0 Å². The van der Waals surface area contributed by atoms with Crippen molar-refractivity contribution >= 4 is 14.3 Å². The summed E-state index contributed by atoms with van der Waals surface area (Å²) in [5.41, 5.74) is 2.99. The molecule has 16 heavy (non-hydrogen) atoms. The predicted octanol–water partition coefficient (Wildman–Crippen LogP) is 2.30. The molecule has 1 N–H and O–H groups in total. The molecule has 4 nitrogen and oxygen atoms in total. The normalized spacial score (nSPS) is 12.1. The van der Waals surface area contributed by atoms with E-state index in [0.29, 0.717) is 12.6 Å². The molecule has 0 atom stereocenters. The van der Waals surface area contributed by atoms with Crippen molar-refractivity contribution < 1.29 is 4.74 Å². The minimum absolute atomic E-state index is 0.483. The first-order valence-electron chi connectivity index (χ1n) is 5.61. The standard InChI is InChI=1S/C11H25N3OSi/c1-7-13-11(2)14(12-3)10-15-8-9-16(4,5)6/h7,12H,2,8-10H2,1,3-6H3. The fraction of sp³-hybridized carbons (Fsp3) is 0.727. The Balaban J connectivity index is 3.84. The van der Waals surface area contributed by atoms with Gasteiger partial charge >= 0.3 is 0 Å². The average Bonchev–Trinajstić information content (AvgIpc) is 2.16. The summed E-state index contributed by atoms with van der Waals surface area (Å²) in [5, 5.41) is 1.78. The topological polar surface area (TPSA) is 36.9 Å². The Bertz CT molecular complexity index is 236. The summed E-state index contributed by atoms with van der Waals surface area (Å²) in [4.78, 5) is 4.10. The van der Waals surface area contributed by atoms with Gasteiger partial charge in [0.2, 0.25) is 0 Å². The number of nitrogens with one attached hydrogen (secondary N) is 1. The van der Waals surface area contributed by atoms with Gasteiger partial charge < -0.3 is 4.74 Å². The maximum Gasteiger partial charge on any atom is 0.137 e. The molecule has 0 unspecified atom stereocenters. The first kappa shape index (κ1) is 15.3. The third-order valence-electron chi connectivity index (χ3n) is 2.08. The van der Waals surface area contributed by atoms with E-state index in [9.17, 15) is 0 Å². The van der Waals surface area contributed by atoms with Gasteiger partial charge in [-0.15, -0.1) is 0 Å². The first-order valence-corrected chi connectivity index (χ1v) is 9.31. The van der Waals surface area contributed by atoms with Crippen molar-refractivity contribution in [1.29, 1.82) is 0 Å². The van der Waals surface area contributed by atoms with Crippen LogP contribution in [0.5, 0.6) is 0 Å². The number of hydrogen-bond acceptors (Lipinski definition) is 4. The van der Waals surface area contributed by atoms with Crippen molar-refractivity contribution in [2.45, 2.75) is 32.6 Å². The number of hydrazine groups is 1. The minimum Gasteiger partial charge on any atom is -0.360 e. The van der Waals surface area contributed by atoms with Crippen molar-refractivity contribution in [1.82, 2.24) is 10.4 Å². The number of ether oxygens (including phenoxy) is 1. The van der Waals surface area contributed by atoms with Gasteiger partial charge in [0.15, 0.2) is 0 Å². The van der Waals surface area contributed by atoms with E-state index in [0.717, 1.165) is 6.61 Å². The molecule has 0 saturated carbocycles. The van der Waals surface area contributed by atoms with E-state index in [1.54, 1.807) is 11.2 Å². The van der Waals surface area contributed by atoms with Gasteiger partial charge in [-0.25, -0.2) is 10.4 Å². The quantitative estimate of drug-likeness (QED) is 0.234. The zero-order valence-electron chi connectivity index (χ0n) is 11.2. The van der Waals surface area contributed by atoms with Gasteiger partial charge in [0, 0.05) is 27.9 Å². The average molecular weight is 243 g/mol. The lowest BCUT2D eigenvalue weighted by Crippen LogP contribution is -2.36. The summed E-state index contributed by atoms with van der Waals surface area (Å²) in [7, 11) is 0.834. The second-order valence-corrected chi connectivity index (χ2v) is 10.4. The lowest BCUT2D eigenvalue weighted by molar-refractivity contribution is 0.0322.